The molecule has 242 valence electrons. The average molecular weight is 660 g/mol. The molecule has 0 unspecified atom stereocenters. The van der Waals surface area contributed by atoms with E-state index in [2.05, 4.69) is 15.1 Å². The number of unbranched alkanes of at least 4 members (excludes halogenated alkanes) is 4. The smallest absolute Gasteiger partial charge is 0.339 e. The van der Waals surface area contributed by atoms with Crippen molar-refractivity contribution in [2.45, 2.75) is 82.5 Å². The van der Waals surface area contributed by atoms with Crippen LogP contribution in [0.15, 0.2) is 35.0 Å². The number of thiocarbonyl (C=S) groups is 1. The molecular weight excluding hydrogens is 630 g/mol. The first-order chi connectivity index (χ1) is 22.0. The molecule has 1 aliphatic carbocycles. The highest BCUT2D eigenvalue weighted by Crippen LogP contribution is 2.47. The lowest BCUT2D eigenvalue weighted by atomic mass is 9.75. The number of hydroxylamine groups is 1. The number of aromatic nitrogens is 3. The Kier molecular flexibility index (Phi) is 9.63. The van der Waals surface area contributed by atoms with Gasteiger partial charge in [-0.1, -0.05) is 36.6 Å². The Balaban J connectivity index is 1.25. The number of nitriles is 1. The molecule has 0 bridgehead atoms. The quantitative estimate of drug-likeness (QED) is 0.0827. The second-order valence-corrected chi connectivity index (χ2v) is 11.6. The van der Waals surface area contributed by atoms with E-state index in [0.717, 1.165) is 36.8 Å². The predicted octanol–water partition coefficient (Wildman–Crippen LogP) is 5.61. The average Bonchev–Trinajstić information content (AvgIpc) is 3.56. The third-order valence-corrected chi connectivity index (χ3v) is 8.69. The van der Waals surface area contributed by atoms with Crippen LogP contribution in [-0.2, 0) is 28.7 Å². The number of nitrogens with one attached hydrogen (secondary N) is 1. The third kappa shape index (κ3) is 6.56. The maximum Gasteiger partial charge on any atom is 0.419 e. The van der Waals surface area contributed by atoms with Gasteiger partial charge in [0.25, 0.3) is 5.91 Å². The number of halogens is 4. The van der Waals surface area contributed by atoms with E-state index in [-0.39, 0.29) is 35.2 Å². The summed E-state index contributed by atoms with van der Waals surface area (Å²) in [6.45, 7) is -0.106. The standard InChI is InChI=1S/C30H29F4N7O4S/c31-22-13-18(26-37-25(45-39-26)8-5-3-1-2-4-7-24(42)38-44)9-10-19(22)17-40-28(46)41(27(43)29(40)11-6-12-29)20-14-21(30(32,33)34)23(15-35)36-16-20/h9-10,13-14,16,44H,1-8,11-12,17H2,(H,38,42). The molecule has 0 radical (unpaired) electrons. The van der Waals surface area contributed by atoms with E-state index in [1.807, 2.05) is 0 Å². The molecule has 1 saturated carbocycles. The predicted molar refractivity (Wildman–Crippen MR) is 157 cm³/mol. The van der Waals surface area contributed by atoms with Gasteiger partial charge in [0.2, 0.25) is 17.6 Å². The highest BCUT2D eigenvalue weighted by molar-refractivity contribution is 7.80. The first-order valence-electron chi connectivity index (χ1n) is 14.7. The van der Waals surface area contributed by atoms with Crippen LogP contribution >= 0.6 is 12.2 Å². The summed E-state index contributed by atoms with van der Waals surface area (Å²) < 4.78 is 61.6. The number of rotatable bonds is 12. The van der Waals surface area contributed by atoms with Crippen LogP contribution in [-0.4, -0.2) is 47.7 Å². The van der Waals surface area contributed by atoms with Crippen LogP contribution in [0.3, 0.4) is 0 Å². The fraction of sp³-hybridized carbons (Fsp3) is 0.433. The molecule has 2 fully saturated rings. The number of benzene rings is 1. The Morgan fingerprint density at radius 2 is 1.91 bits per heavy atom. The summed E-state index contributed by atoms with van der Waals surface area (Å²) in [5.74, 6) is -0.930. The summed E-state index contributed by atoms with van der Waals surface area (Å²) in [5.41, 5.74) is -1.25. The number of hydrogen-bond acceptors (Lipinski definition) is 9. The zero-order chi connectivity index (χ0) is 33.1. The molecular formula is C30H29F4N7O4S. The zero-order valence-electron chi connectivity index (χ0n) is 24.4. The van der Waals surface area contributed by atoms with E-state index < -0.39 is 40.6 Å². The second kappa shape index (κ2) is 13.5. The summed E-state index contributed by atoms with van der Waals surface area (Å²) in [5, 5.41) is 21.5. The van der Waals surface area contributed by atoms with Crippen molar-refractivity contribution in [3.05, 3.63) is 59.0 Å². The topological polar surface area (TPSA) is 148 Å². The van der Waals surface area contributed by atoms with E-state index >= 15 is 4.39 Å². The van der Waals surface area contributed by atoms with E-state index in [9.17, 15) is 22.8 Å². The van der Waals surface area contributed by atoms with Gasteiger partial charge in [0.1, 0.15) is 17.4 Å². The molecule has 2 aromatic heterocycles. The maximum atomic E-state index is 15.4. The normalized spacial score (nSPS) is 15.7. The number of anilines is 1. The van der Waals surface area contributed by atoms with Crippen molar-refractivity contribution < 1.29 is 36.9 Å². The van der Waals surface area contributed by atoms with Crippen molar-refractivity contribution in [1.29, 1.82) is 5.26 Å². The van der Waals surface area contributed by atoms with Gasteiger partial charge >= 0.3 is 6.18 Å². The minimum absolute atomic E-state index is 0.0775. The SMILES string of the molecule is N#Cc1ncc(N2C(=O)C3(CCC3)N(Cc3ccc(-c4noc(CCCCCCCC(=O)NO)n4)cc3F)C2=S)cc1C(F)(F)F. The number of carbonyl (C=O) groups is 2. The molecule has 0 atom stereocenters. The minimum Gasteiger partial charge on any atom is -0.339 e. The van der Waals surface area contributed by atoms with Gasteiger partial charge in [-0.25, -0.2) is 14.9 Å². The monoisotopic (exact) mass is 659 g/mol. The molecule has 1 saturated heterocycles. The molecule has 2 amide bonds. The molecule has 46 heavy (non-hydrogen) atoms. The van der Waals surface area contributed by atoms with Crippen molar-refractivity contribution in [2.24, 2.45) is 0 Å². The number of hydrogen-bond donors (Lipinski definition) is 2. The van der Waals surface area contributed by atoms with Crippen LogP contribution in [0.4, 0.5) is 23.2 Å². The van der Waals surface area contributed by atoms with Crippen molar-refractivity contribution in [3.8, 4) is 17.5 Å². The van der Waals surface area contributed by atoms with Gasteiger partial charge in [-0.05, 0) is 56.5 Å². The van der Waals surface area contributed by atoms with Crippen LogP contribution in [0.1, 0.15) is 80.5 Å². The fourth-order valence-corrected chi connectivity index (χ4v) is 6.07. The number of pyridine rings is 1. The van der Waals surface area contributed by atoms with Crippen LogP contribution in [0, 0.1) is 17.1 Å². The Morgan fingerprint density at radius 3 is 2.57 bits per heavy atom. The largest absolute Gasteiger partial charge is 0.419 e. The lowest BCUT2D eigenvalue weighted by Crippen LogP contribution is -2.54. The van der Waals surface area contributed by atoms with E-state index in [1.54, 1.807) is 16.4 Å². The van der Waals surface area contributed by atoms with Gasteiger partial charge in [-0.3, -0.25) is 19.7 Å². The Morgan fingerprint density at radius 1 is 1.17 bits per heavy atom. The highest BCUT2D eigenvalue weighted by atomic mass is 32.1. The van der Waals surface area contributed by atoms with Gasteiger partial charge in [-0.15, -0.1) is 0 Å². The summed E-state index contributed by atoms with van der Waals surface area (Å²) in [6, 6.07) is 6.48. The molecule has 11 nitrogen and oxygen atoms in total. The highest BCUT2D eigenvalue weighted by Gasteiger charge is 2.59. The van der Waals surface area contributed by atoms with Crippen molar-refractivity contribution in [1.82, 2.24) is 25.5 Å². The molecule has 2 aliphatic rings. The first-order valence-corrected chi connectivity index (χ1v) is 15.1. The second-order valence-electron chi connectivity index (χ2n) is 11.2. The molecule has 1 aromatic carbocycles. The van der Waals surface area contributed by atoms with E-state index in [4.69, 9.17) is 27.2 Å². The van der Waals surface area contributed by atoms with Crippen LogP contribution in [0.2, 0.25) is 0 Å². The molecule has 2 N–H and O–H groups in total. The molecule has 5 rings (SSSR count). The van der Waals surface area contributed by atoms with Gasteiger partial charge in [0.05, 0.1) is 17.4 Å². The minimum atomic E-state index is -4.88. The summed E-state index contributed by atoms with van der Waals surface area (Å²) in [6.07, 6.45) is 2.48. The number of nitrogens with zero attached hydrogens (tertiary/aromatic N) is 6. The van der Waals surface area contributed by atoms with E-state index in [0.29, 0.717) is 49.6 Å². The summed E-state index contributed by atoms with van der Waals surface area (Å²) >= 11 is 5.57. The van der Waals surface area contributed by atoms with Crippen molar-refractivity contribution in [3.63, 3.8) is 0 Å². The van der Waals surface area contributed by atoms with E-state index in [1.165, 1.54) is 18.2 Å². The molecule has 3 aromatic rings. The molecule has 16 heteroatoms. The van der Waals surface area contributed by atoms with Crippen molar-refractivity contribution in [2.75, 3.05) is 4.90 Å². The number of alkyl halides is 3. The zero-order valence-corrected chi connectivity index (χ0v) is 25.3. The van der Waals surface area contributed by atoms with Gasteiger partial charge in [0, 0.05) is 30.5 Å². The Hall–Kier alpha value is -4.49. The number of amides is 2. The van der Waals surface area contributed by atoms with Crippen molar-refractivity contribution >= 4 is 34.8 Å². The Bertz CT molecular complexity index is 1690. The molecule has 3 heterocycles. The maximum absolute atomic E-state index is 15.4. The summed E-state index contributed by atoms with van der Waals surface area (Å²) in [7, 11) is 0. The van der Waals surface area contributed by atoms with Crippen LogP contribution in [0.25, 0.3) is 11.4 Å². The van der Waals surface area contributed by atoms with Gasteiger partial charge in [0.15, 0.2) is 10.8 Å². The first kappa shape index (κ1) is 32.9. The van der Waals surface area contributed by atoms with Crippen LogP contribution < -0.4 is 10.4 Å². The van der Waals surface area contributed by atoms with Gasteiger partial charge < -0.3 is 9.42 Å². The fourth-order valence-electron chi connectivity index (χ4n) is 5.64. The molecule has 1 aliphatic heterocycles. The van der Waals surface area contributed by atoms with Gasteiger partial charge in [-0.2, -0.15) is 23.4 Å². The lowest BCUT2D eigenvalue weighted by Gasteiger charge is -2.43. The van der Waals surface area contributed by atoms with Crippen LogP contribution in [0.5, 0.6) is 0 Å². The summed E-state index contributed by atoms with van der Waals surface area (Å²) in [4.78, 5) is 35.2. The molecule has 1 spiro atoms. The third-order valence-electron chi connectivity index (χ3n) is 8.29. The lowest BCUT2D eigenvalue weighted by molar-refractivity contribution is -0.138. The Labute approximate surface area is 266 Å². The number of carbonyl (C=O) groups excluding carboxylic acids is 2. The number of aryl methyl sites for hydroxylation is 1.